The molecular formula is C4H5NO2S. The molecule has 0 aromatic carbocycles. The first-order chi connectivity index (χ1) is 3.70. The summed E-state index contributed by atoms with van der Waals surface area (Å²) in [5.74, 6) is -0.506. The molecule has 2 amide bonds. The van der Waals surface area contributed by atoms with Crippen molar-refractivity contribution >= 4 is 24.4 Å². The van der Waals surface area contributed by atoms with Crippen LogP contribution in [0.25, 0.3) is 0 Å². The van der Waals surface area contributed by atoms with Crippen molar-refractivity contribution < 1.29 is 9.59 Å². The highest BCUT2D eigenvalue weighted by Crippen LogP contribution is 2.06. The molecular weight excluding hydrogens is 126 g/mol. The van der Waals surface area contributed by atoms with Crippen molar-refractivity contribution in [1.82, 2.24) is 5.32 Å². The highest BCUT2D eigenvalue weighted by Gasteiger charge is 2.26. The van der Waals surface area contributed by atoms with Gasteiger partial charge in [0.2, 0.25) is 11.8 Å². The van der Waals surface area contributed by atoms with Crippen LogP contribution in [0.2, 0.25) is 0 Å². The van der Waals surface area contributed by atoms with E-state index in [4.69, 9.17) is 0 Å². The van der Waals surface area contributed by atoms with E-state index >= 15 is 0 Å². The van der Waals surface area contributed by atoms with Crippen molar-refractivity contribution in [1.29, 1.82) is 0 Å². The Morgan fingerprint density at radius 1 is 1.62 bits per heavy atom. The van der Waals surface area contributed by atoms with Crippen LogP contribution in [0, 0.1) is 0 Å². The number of carbonyl (C=O) groups is 2. The third kappa shape index (κ3) is 0.838. The summed E-state index contributed by atoms with van der Waals surface area (Å²) in [6, 6.07) is 0. The Morgan fingerprint density at radius 3 is 2.38 bits per heavy atom. The first kappa shape index (κ1) is 5.62. The minimum absolute atomic E-state index is 0.224. The van der Waals surface area contributed by atoms with Crippen molar-refractivity contribution in [2.75, 3.05) is 0 Å². The molecule has 0 spiro atoms. The standard InChI is InChI=1S/C4H5NO2S/c6-3-1-2(8)4(7)5-3/h2,8H,1H2,(H,5,6,7)/t2-/m1/s1. The Bertz CT molecular complexity index is 145. The predicted molar refractivity (Wildman–Crippen MR) is 30.5 cm³/mol. The summed E-state index contributed by atoms with van der Waals surface area (Å²) in [7, 11) is 0. The summed E-state index contributed by atoms with van der Waals surface area (Å²) >= 11 is 3.81. The maximum Gasteiger partial charge on any atom is 0.239 e. The lowest BCUT2D eigenvalue weighted by Gasteiger charge is -1.87. The molecule has 8 heavy (non-hydrogen) atoms. The SMILES string of the molecule is O=C1C[C@@H](S)C(=O)N1. The molecule has 0 bridgehead atoms. The minimum Gasteiger partial charge on any atom is -0.295 e. The molecule has 0 aliphatic carbocycles. The van der Waals surface area contributed by atoms with Crippen LogP contribution in [-0.2, 0) is 9.59 Å². The lowest BCUT2D eigenvalue weighted by Crippen LogP contribution is -2.21. The molecule has 1 aliphatic rings. The van der Waals surface area contributed by atoms with E-state index in [0.29, 0.717) is 0 Å². The third-order valence-electron chi connectivity index (χ3n) is 0.944. The second-order valence-corrected chi connectivity index (χ2v) is 2.26. The normalized spacial score (nSPS) is 28.4. The van der Waals surface area contributed by atoms with Crippen LogP contribution < -0.4 is 5.32 Å². The Labute approximate surface area is 51.9 Å². The second kappa shape index (κ2) is 1.78. The van der Waals surface area contributed by atoms with E-state index in [1.165, 1.54) is 0 Å². The molecule has 44 valence electrons. The monoisotopic (exact) mass is 131 g/mol. The molecule has 1 saturated heterocycles. The fraction of sp³-hybridized carbons (Fsp3) is 0.500. The molecule has 4 heteroatoms. The maximum absolute atomic E-state index is 10.4. The Kier molecular flexibility index (Phi) is 1.25. The highest BCUT2D eigenvalue weighted by molar-refractivity contribution is 7.81. The fourth-order valence-corrected chi connectivity index (χ4v) is 0.770. The van der Waals surface area contributed by atoms with Crippen molar-refractivity contribution in [2.45, 2.75) is 11.7 Å². The van der Waals surface area contributed by atoms with Gasteiger partial charge in [-0.25, -0.2) is 0 Å². The van der Waals surface area contributed by atoms with Crippen LogP contribution in [0.1, 0.15) is 6.42 Å². The quantitative estimate of drug-likeness (QED) is 0.338. The molecule has 3 nitrogen and oxygen atoms in total. The molecule has 1 N–H and O–H groups in total. The zero-order valence-electron chi connectivity index (χ0n) is 4.05. The Hall–Kier alpha value is -0.510. The van der Waals surface area contributed by atoms with Gasteiger partial charge in [-0.05, 0) is 0 Å². The summed E-state index contributed by atoms with van der Waals surface area (Å²) in [5, 5.41) is 1.70. The van der Waals surface area contributed by atoms with Gasteiger partial charge in [-0.2, -0.15) is 12.6 Å². The summed E-state index contributed by atoms with van der Waals surface area (Å²) in [6.07, 6.45) is 0.224. The van der Waals surface area contributed by atoms with Gasteiger partial charge in [0, 0.05) is 6.42 Å². The first-order valence-corrected chi connectivity index (χ1v) is 2.73. The largest absolute Gasteiger partial charge is 0.295 e. The maximum atomic E-state index is 10.4. The summed E-state index contributed by atoms with van der Waals surface area (Å²) in [4.78, 5) is 20.7. The highest BCUT2D eigenvalue weighted by atomic mass is 32.1. The topological polar surface area (TPSA) is 46.2 Å². The van der Waals surface area contributed by atoms with Crippen molar-refractivity contribution in [2.24, 2.45) is 0 Å². The number of nitrogens with one attached hydrogen (secondary N) is 1. The zero-order valence-corrected chi connectivity index (χ0v) is 4.94. The average molecular weight is 131 g/mol. The minimum atomic E-state index is -0.414. The van der Waals surface area contributed by atoms with Crippen molar-refractivity contribution in [3.8, 4) is 0 Å². The Balaban J connectivity index is 2.64. The van der Waals surface area contributed by atoms with Gasteiger partial charge in [-0.1, -0.05) is 0 Å². The molecule has 0 saturated carbocycles. The summed E-state index contributed by atoms with van der Waals surface area (Å²) in [5.41, 5.74) is 0. The Morgan fingerprint density at radius 2 is 2.25 bits per heavy atom. The molecule has 0 unspecified atom stereocenters. The molecule has 1 heterocycles. The van der Waals surface area contributed by atoms with Crippen LogP contribution >= 0.6 is 12.6 Å². The van der Waals surface area contributed by atoms with Gasteiger partial charge in [-0.3, -0.25) is 14.9 Å². The van der Waals surface area contributed by atoms with Gasteiger partial charge in [0.05, 0.1) is 5.25 Å². The molecule has 0 aromatic rings. The summed E-state index contributed by atoms with van der Waals surface area (Å²) in [6.45, 7) is 0. The summed E-state index contributed by atoms with van der Waals surface area (Å²) < 4.78 is 0. The number of amides is 2. The number of imide groups is 1. The van der Waals surface area contributed by atoms with Gasteiger partial charge in [0.1, 0.15) is 0 Å². The average Bonchev–Trinajstić information content (AvgIpc) is 1.85. The number of thiol groups is 1. The van der Waals surface area contributed by atoms with Gasteiger partial charge >= 0.3 is 0 Å². The van der Waals surface area contributed by atoms with E-state index < -0.39 is 5.25 Å². The zero-order chi connectivity index (χ0) is 6.15. The van der Waals surface area contributed by atoms with Crippen molar-refractivity contribution in [3.63, 3.8) is 0 Å². The predicted octanol–water partition coefficient (Wildman–Crippen LogP) is -0.669. The molecule has 0 aromatic heterocycles. The van der Waals surface area contributed by atoms with E-state index in [-0.39, 0.29) is 18.2 Å². The van der Waals surface area contributed by atoms with Gasteiger partial charge in [-0.15, -0.1) is 0 Å². The second-order valence-electron chi connectivity index (χ2n) is 1.63. The molecule has 1 aliphatic heterocycles. The van der Waals surface area contributed by atoms with Gasteiger partial charge in [0.25, 0.3) is 0 Å². The van der Waals surface area contributed by atoms with Gasteiger partial charge in [0.15, 0.2) is 0 Å². The van der Waals surface area contributed by atoms with Crippen LogP contribution in [0.4, 0.5) is 0 Å². The molecule has 1 fully saturated rings. The first-order valence-electron chi connectivity index (χ1n) is 2.22. The van der Waals surface area contributed by atoms with Crippen LogP contribution in [0.15, 0.2) is 0 Å². The van der Waals surface area contributed by atoms with E-state index in [1.807, 2.05) is 0 Å². The number of rotatable bonds is 0. The van der Waals surface area contributed by atoms with Gasteiger partial charge < -0.3 is 0 Å². The van der Waals surface area contributed by atoms with Crippen LogP contribution in [0.3, 0.4) is 0 Å². The number of hydrogen-bond acceptors (Lipinski definition) is 3. The lowest BCUT2D eigenvalue weighted by molar-refractivity contribution is -0.124. The molecule has 1 rings (SSSR count). The van der Waals surface area contributed by atoms with Crippen LogP contribution in [-0.4, -0.2) is 17.1 Å². The molecule has 1 atom stereocenters. The number of carbonyl (C=O) groups excluding carboxylic acids is 2. The van der Waals surface area contributed by atoms with E-state index in [2.05, 4.69) is 17.9 Å². The number of hydrogen-bond donors (Lipinski definition) is 2. The smallest absolute Gasteiger partial charge is 0.239 e. The van der Waals surface area contributed by atoms with E-state index in [9.17, 15) is 9.59 Å². The lowest BCUT2D eigenvalue weighted by atomic mass is 10.4. The van der Waals surface area contributed by atoms with Crippen molar-refractivity contribution in [3.05, 3.63) is 0 Å². The fourth-order valence-electron chi connectivity index (χ4n) is 0.540. The third-order valence-corrected chi connectivity index (χ3v) is 1.36. The van der Waals surface area contributed by atoms with Crippen LogP contribution in [0.5, 0.6) is 0 Å². The molecule has 0 radical (unpaired) electrons. The van der Waals surface area contributed by atoms with E-state index in [1.54, 1.807) is 0 Å². The van der Waals surface area contributed by atoms with E-state index in [0.717, 1.165) is 0 Å².